The topological polar surface area (TPSA) is 108 Å². The molecule has 0 saturated carbocycles. The fourth-order valence-electron chi connectivity index (χ4n) is 3.48. The van der Waals surface area contributed by atoms with Crippen LogP contribution in [0.3, 0.4) is 0 Å². The van der Waals surface area contributed by atoms with E-state index in [0.29, 0.717) is 12.1 Å². The Kier molecular flexibility index (Phi) is 11.7. The van der Waals surface area contributed by atoms with Crippen molar-refractivity contribution in [1.29, 1.82) is 0 Å². The van der Waals surface area contributed by atoms with Crippen LogP contribution in [0, 0.1) is 13.8 Å². The van der Waals surface area contributed by atoms with Crippen molar-refractivity contribution in [3.05, 3.63) is 34.9 Å². The molecule has 3 amide bonds. The zero-order valence-corrected chi connectivity index (χ0v) is 21.5. The fourth-order valence-corrected chi connectivity index (χ4v) is 3.73. The third-order valence-corrected chi connectivity index (χ3v) is 5.37. The van der Waals surface area contributed by atoms with Crippen LogP contribution in [0.15, 0.2) is 18.2 Å². The maximum Gasteiger partial charge on any atom is 0.408 e. The number of aryl methyl sites for hydroxylation is 2. The van der Waals surface area contributed by atoms with E-state index in [4.69, 9.17) is 4.74 Å². The highest BCUT2D eigenvalue weighted by Gasteiger charge is 2.36. The van der Waals surface area contributed by atoms with Gasteiger partial charge >= 0.3 is 6.09 Å². The number of nitrogens with zero attached hydrogens (tertiary/aromatic N) is 1. The van der Waals surface area contributed by atoms with Gasteiger partial charge in [0.1, 0.15) is 17.7 Å². The van der Waals surface area contributed by atoms with Gasteiger partial charge in [-0.25, -0.2) is 4.79 Å². The lowest BCUT2D eigenvalue weighted by molar-refractivity contribution is -0.142. The van der Waals surface area contributed by atoms with E-state index in [1.807, 2.05) is 39.0 Å². The summed E-state index contributed by atoms with van der Waals surface area (Å²) >= 11 is 4.24. The summed E-state index contributed by atoms with van der Waals surface area (Å²) in [6.07, 6.45) is 0.961. The Morgan fingerprint density at radius 2 is 1.79 bits per heavy atom. The third kappa shape index (κ3) is 8.89. The molecule has 1 rings (SSSR count). The quantitative estimate of drug-likeness (QED) is 0.287. The van der Waals surface area contributed by atoms with Gasteiger partial charge in [-0.2, -0.15) is 12.6 Å². The van der Waals surface area contributed by atoms with E-state index in [9.17, 15) is 19.5 Å². The van der Waals surface area contributed by atoms with Crippen LogP contribution in [0.2, 0.25) is 0 Å². The molecule has 0 aliphatic rings. The lowest BCUT2D eigenvalue weighted by Gasteiger charge is -2.35. The van der Waals surface area contributed by atoms with Gasteiger partial charge in [0.25, 0.3) is 0 Å². The lowest BCUT2D eigenvalue weighted by Crippen LogP contribution is -2.54. The van der Waals surface area contributed by atoms with E-state index in [2.05, 4.69) is 23.3 Å². The second-order valence-electron chi connectivity index (χ2n) is 8.99. The van der Waals surface area contributed by atoms with Crippen molar-refractivity contribution in [3.8, 4) is 0 Å². The number of aliphatic hydroxyl groups excluding tert-OH is 1. The van der Waals surface area contributed by atoms with Crippen LogP contribution in [0.4, 0.5) is 4.79 Å². The number of rotatable bonds is 11. The highest BCUT2D eigenvalue weighted by atomic mass is 32.1. The molecule has 0 heterocycles. The Morgan fingerprint density at radius 3 is 2.27 bits per heavy atom. The molecular weight excluding hydrogens is 442 g/mol. The van der Waals surface area contributed by atoms with Crippen molar-refractivity contribution in [1.82, 2.24) is 15.5 Å². The Morgan fingerprint density at radius 1 is 1.18 bits per heavy atom. The Bertz CT molecular complexity index is 790. The predicted octanol–water partition coefficient (Wildman–Crippen LogP) is 2.90. The zero-order valence-electron chi connectivity index (χ0n) is 20.6. The van der Waals surface area contributed by atoms with Crippen molar-refractivity contribution in [3.63, 3.8) is 0 Å². The van der Waals surface area contributed by atoms with Gasteiger partial charge in [-0.3, -0.25) is 9.59 Å². The first-order valence-electron chi connectivity index (χ1n) is 11.3. The average Bonchev–Trinajstić information content (AvgIpc) is 2.72. The van der Waals surface area contributed by atoms with Gasteiger partial charge < -0.3 is 25.4 Å². The molecule has 0 fully saturated rings. The zero-order chi connectivity index (χ0) is 25.2. The first kappa shape index (κ1) is 28.8. The normalized spacial score (nSPS) is 13.1. The van der Waals surface area contributed by atoms with Gasteiger partial charge in [0.15, 0.2) is 0 Å². The Balaban J connectivity index is 3.37. The minimum absolute atomic E-state index is 0.00304. The second-order valence-corrected chi connectivity index (χ2v) is 9.35. The number of unbranched alkanes of at least 4 members (excludes halogenated alkanes) is 1. The smallest absolute Gasteiger partial charge is 0.408 e. The second kappa shape index (κ2) is 13.4. The van der Waals surface area contributed by atoms with E-state index in [1.165, 1.54) is 4.90 Å². The fraction of sp³-hybridized carbons (Fsp3) is 0.625. The summed E-state index contributed by atoms with van der Waals surface area (Å²) < 4.78 is 5.27. The Labute approximate surface area is 202 Å². The molecule has 8 nitrogen and oxygen atoms in total. The minimum Gasteiger partial charge on any atom is -0.444 e. The monoisotopic (exact) mass is 481 g/mol. The van der Waals surface area contributed by atoms with Crippen LogP contribution in [0.1, 0.15) is 63.3 Å². The van der Waals surface area contributed by atoms with Crippen LogP contribution in [-0.2, 0) is 14.3 Å². The molecule has 1 aromatic rings. The number of nitrogens with one attached hydrogen (secondary N) is 2. The SMILES string of the molecule is CCCCNC(=O)C(c1c(C)cccc1C)N(CCO)C(=O)C(CS)NC(=O)OC(C)(C)C. The van der Waals surface area contributed by atoms with Crippen molar-refractivity contribution >= 4 is 30.5 Å². The number of carbonyl (C=O) groups is 3. The van der Waals surface area contributed by atoms with Gasteiger partial charge in [0, 0.05) is 18.8 Å². The van der Waals surface area contributed by atoms with Gasteiger partial charge in [0.05, 0.1) is 6.61 Å². The highest BCUT2D eigenvalue weighted by Crippen LogP contribution is 2.28. The summed E-state index contributed by atoms with van der Waals surface area (Å²) in [5, 5.41) is 15.2. The van der Waals surface area contributed by atoms with Crippen LogP contribution < -0.4 is 10.6 Å². The number of carbonyl (C=O) groups excluding carboxylic acids is 3. The third-order valence-electron chi connectivity index (χ3n) is 5.00. The maximum absolute atomic E-state index is 13.6. The van der Waals surface area contributed by atoms with Crippen LogP contribution >= 0.6 is 12.6 Å². The van der Waals surface area contributed by atoms with Gasteiger partial charge in [-0.1, -0.05) is 31.5 Å². The molecule has 0 aromatic heterocycles. The summed E-state index contributed by atoms with van der Waals surface area (Å²) in [7, 11) is 0. The van der Waals surface area contributed by atoms with Crippen LogP contribution in [-0.4, -0.2) is 65.0 Å². The molecule has 1 aromatic carbocycles. The molecule has 0 aliphatic heterocycles. The summed E-state index contributed by atoms with van der Waals surface area (Å²) in [6, 6.07) is 3.64. The van der Waals surface area contributed by atoms with Crippen LogP contribution in [0.25, 0.3) is 0 Å². The van der Waals surface area contributed by atoms with E-state index in [-0.39, 0.29) is 24.8 Å². The number of amides is 3. The van der Waals surface area contributed by atoms with Crippen LogP contribution in [0.5, 0.6) is 0 Å². The molecule has 2 unspecified atom stereocenters. The van der Waals surface area contributed by atoms with Gasteiger partial charge in [0.2, 0.25) is 11.8 Å². The highest BCUT2D eigenvalue weighted by molar-refractivity contribution is 7.80. The molecule has 33 heavy (non-hydrogen) atoms. The molecule has 0 bridgehead atoms. The van der Waals surface area contributed by atoms with E-state index in [1.54, 1.807) is 20.8 Å². The summed E-state index contributed by atoms with van der Waals surface area (Å²) in [6.45, 7) is 11.0. The van der Waals surface area contributed by atoms with Crippen molar-refractivity contribution in [2.24, 2.45) is 0 Å². The maximum atomic E-state index is 13.6. The number of hydrogen-bond acceptors (Lipinski definition) is 6. The molecule has 186 valence electrons. The number of aliphatic hydroxyl groups is 1. The van der Waals surface area contributed by atoms with Gasteiger partial charge in [-0.15, -0.1) is 0 Å². The average molecular weight is 482 g/mol. The molecule has 2 atom stereocenters. The molecule has 3 N–H and O–H groups in total. The molecule has 0 radical (unpaired) electrons. The van der Waals surface area contributed by atoms with Crippen molar-refractivity contribution in [2.75, 3.05) is 25.4 Å². The summed E-state index contributed by atoms with van der Waals surface area (Å²) in [5.74, 6) is -0.863. The largest absolute Gasteiger partial charge is 0.444 e. The standard InChI is InChI=1S/C24H39N3O5S/c1-7-8-12-25-21(29)20(19-16(2)10-9-11-17(19)3)27(13-14-28)22(30)18(15-33)26-23(31)32-24(4,5)6/h9-11,18,20,28,33H,7-8,12-15H2,1-6H3,(H,25,29)(H,26,31). The van der Waals surface area contributed by atoms with E-state index >= 15 is 0 Å². The lowest BCUT2D eigenvalue weighted by atomic mass is 9.93. The minimum atomic E-state index is -1.04. The number of ether oxygens (including phenoxy) is 1. The molecule has 0 spiro atoms. The summed E-state index contributed by atoms with van der Waals surface area (Å²) in [4.78, 5) is 40.5. The molecule has 0 saturated heterocycles. The summed E-state index contributed by atoms with van der Waals surface area (Å²) in [5.41, 5.74) is 1.66. The van der Waals surface area contributed by atoms with Crippen molar-refractivity contribution in [2.45, 2.75) is 72.1 Å². The molecule has 9 heteroatoms. The first-order valence-corrected chi connectivity index (χ1v) is 12.0. The molecule has 0 aliphatic carbocycles. The Hall–Kier alpha value is -2.26. The van der Waals surface area contributed by atoms with Crippen molar-refractivity contribution < 1.29 is 24.2 Å². The van der Waals surface area contributed by atoms with E-state index < -0.39 is 29.7 Å². The number of alkyl carbamates (subject to hydrolysis) is 1. The first-order chi connectivity index (χ1) is 15.5. The number of thiol groups is 1. The van der Waals surface area contributed by atoms with Gasteiger partial charge in [-0.05, 0) is 57.7 Å². The number of hydrogen-bond donors (Lipinski definition) is 4. The predicted molar refractivity (Wildman–Crippen MR) is 132 cm³/mol. The molecular formula is C24H39N3O5S. The number of benzene rings is 1. The van der Waals surface area contributed by atoms with E-state index in [0.717, 1.165) is 24.0 Å².